The first-order valence-corrected chi connectivity index (χ1v) is 11.1. The number of fused-ring (bicyclic) bond motifs is 1. The number of hydrogen-bond acceptors (Lipinski definition) is 13. The number of benzene rings is 2. The van der Waals surface area contributed by atoms with Crippen LogP contribution >= 0.6 is 11.8 Å². The van der Waals surface area contributed by atoms with Crippen LogP contribution in [0.3, 0.4) is 0 Å². The maximum atomic E-state index is 10.6. The molecule has 2 aliphatic heterocycles. The monoisotopic (exact) mass is 500 g/mol. The molecule has 0 aliphatic carbocycles. The molecule has 0 aromatic heterocycles. The molecule has 2 aromatic rings. The SMILES string of the molecule is OC[C@@H]1O[C@H](Sc2c(O)cc(O)c3c2O[C@H](c2cc(O)c(O)c(O)c2)[C@@H](O)C3)[C@@H](O)[C@H](O)[C@H]1O. The van der Waals surface area contributed by atoms with Gasteiger partial charge in [-0.3, -0.25) is 0 Å². The number of hydrogen-bond donors (Lipinski definition) is 10. The van der Waals surface area contributed by atoms with Crippen LogP contribution in [0.4, 0.5) is 0 Å². The lowest BCUT2D eigenvalue weighted by Crippen LogP contribution is -2.57. The van der Waals surface area contributed by atoms with E-state index in [0.29, 0.717) is 11.8 Å². The molecule has 0 spiro atoms. The Kier molecular flexibility index (Phi) is 6.61. The molecule has 0 saturated carbocycles. The van der Waals surface area contributed by atoms with Crippen molar-refractivity contribution in [2.75, 3.05) is 6.61 Å². The van der Waals surface area contributed by atoms with Crippen LogP contribution in [0.1, 0.15) is 17.2 Å². The molecular formula is C21H24O12S. The second kappa shape index (κ2) is 9.19. The van der Waals surface area contributed by atoms with Crippen molar-refractivity contribution in [3.8, 4) is 34.5 Å². The average molecular weight is 500 g/mol. The van der Waals surface area contributed by atoms with Crippen LogP contribution in [-0.4, -0.2) is 93.6 Å². The van der Waals surface area contributed by atoms with Crippen LogP contribution in [0, 0.1) is 0 Å². The number of phenols is 5. The number of aromatic hydroxyl groups is 5. The number of phenolic OH excluding ortho intramolecular Hbond substituents is 5. The van der Waals surface area contributed by atoms with Crippen molar-refractivity contribution >= 4 is 11.8 Å². The molecule has 0 bridgehead atoms. The fourth-order valence-electron chi connectivity index (χ4n) is 3.97. The molecule has 1 saturated heterocycles. The Balaban J connectivity index is 1.72. The summed E-state index contributed by atoms with van der Waals surface area (Å²) in [5, 5.41) is 101. The number of aliphatic hydroxyl groups excluding tert-OH is 5. The third-order valence-electron chi connectivity index (χ3n) is 5.81. The molecule has 34 heavy (non-hydrogen) atoms. The van der Waals surface area contributed by atoms with Crippen LogP contribution in [0.2, 0.25) is 0 Å². The van der Waals surface area contributed by atoms with E-state index >= 15 is 0 Å². The maximum absolute atomic E-state index is 10.6. The minimum atomic E-state index is -1.66. The first-order chi connectivity index (χ1) is 16.0. The van der Waals surface area contributed by atoms with Crippen molar-refractivity contribution in [2.45, 2.75) is 53.4 Å². The predicted octanol–water partition coefficient (Wildman–Crippen LogP) is -0.856. The molecule has 1 fully saturated rings. The van der Waals surface area contributed by atoms with Crippen molar-refractivity contribution in [1.29, 1.82) is 0 Å². The van der Waals surface area contributed by atoms with Gasteiger partial charge < -0.3 is 60.5 Å². The van der Waals surface area contributed by atoms with E-state index in [1.165, 1.54) is 0 Å². The molecule has 0 unspecified atom stereocenters. The van der Waals surface area contributed by atoms with Crippen molar-refractivity contribution in [3.05, 3.63) is 29.3 Å². The zero-order valence-corrected chi connectivity index (χ0v) is 18.2. The summed E-state index contributed by atoms with van der Waals surface area (Å²) in [7, 11) is 0. The first-order valence-electron chi connectivity index (χ1n) is 10.2. The molecule has 2 aromatic carbocycles. The van der Waals surface area contributed by atoms with E-state index in [1.807, 2.05) is 0 Å². The summed E-state index contributed by atoms with van der Waals surface area (Å²) in [5.74, 6) is -3.05. The molecule has 4 rings (SSSR count). The van der Waals surface area contributed by atoms with E-state index in [-0.39, 0.29) is 33.9 Å². The van der Waals surface area contributed by atoms with Gasteiger partial charge in [0.2, 0.25) is 0 Å². The largest absolute Gasteiger partial charge is 0.507 e. The zero-order valence-electron chi connectivity index (χ0n) is 17.4. The summed E-state index contributed by atoms with van der Waals surface area (Å²) < 4.78 is 11.3. The standard InChI is InChI=1S/C21H24O12S/c22-5-13-15(29)16(30)17(31)21(32-13)34-20-12(27)4-8(23)7-3-11(26)18(33-19(7)20)6-1-9(24)14(28)10(25)2-6/h1-2,4,11,13,15-18,21-31H,3,5H2/t11-,13-,15-,16+,17-,18+,21+/m0/s1. The molecule has 13 heteroatoms. The van der Waals surface area contributed by atoms with E-state index < -0.39 is 71.7 Å². The van der Waals surface area contributed by atoms with E-state index in [4.69, 9.17) is 9.47 Å². The lowest BCUT2D eigenvalue weighted by molar-refractivity contribution is -0.205. The smallest absolute Gasteiger partial charge is 0.200 e. The Morgan fingerprint density at radius 1 is 0.824 bits per heavy atom. The lowest BCUT2D eigenvalue weighted by atomic mass is 9.93. The molecule has 186 valence electrons. The fourth-order valence-corrected chi connectivity index (χ4v) is 5.16. The second-order valence-electron chi connectivity index (χ2n) is 8.08. The van der Waals surface area contributed by atoms with Gasteiger partial charge >= 0.3 is 0 Å². The number of aliphatic hydroxyl groups is 5. The quantitative estimate of drug-likeness (QED) is 0.231. The molecule has 10 N–H and O–H groups in total. The number of rotatable bonds is 4. The summed E-state index contributed by atoms with van der Waals surface area (Å²) in [6.45, 7) is -0.653. The van der Waals surface area contributed by atoms with Crippen LogP contribution in [0.25, 0.3) is 0 Å². The van der Waals surface area contributed by atoms with Crippen molar-refractivity contribution in [1.82, 2.24) is 0 Å². The van der Waals surface area contributed by atoms with Gasteiger partial charge in [-0.05, 0) is 12.1 Å². The van der Waals surface area contributed by atoms with Crippen molar-refractivity contribution in [3.63, 3.8) is 0 Å². The Hall–Kier alpha value is -2.65. The summed E-state index contributed by atoms with van der Waals surface area (Å²) in [4.78, 5) is -0.0405. The molecule has 2 heterocycles. The van der Waals surface area contributed by atoms with Crippen molar-refractivity contribution < 1.29 is 60.5 Å². The van der Waals surface area contributed by atoms with Crippen LogP contribution in [0.5, 0.6) is 34.5 Å². The highest BCUT2D eigenvalue weighted by atomic mass is 32.2. The highest BCUT2D eigenvalue weighted by molar-refractivity contribution is 8.00. The Bertz CT molecular complexity index is 1050. The van der Waals surface area contributed by atoms with E-state index in [0.717, 1.165) is 18.2 Å². The summed E-state index contributed by atoms with van der Waals surface area (Å²) in [6.07, 6.45) is -8.69. The van der Waals surface area contributed by atoms with E-state index in [9.17, 15) is 51.1 Å². The summed E-state index contributed by atoms with van der Waals surface area (Å²) in [5.41, 5.74) is -1.08. The fraction of sp³-hybridized carbons (Fsp3) is 0.429. The second-order valence-corrected chi connectivity index (χ2v) is 9.19. The summed E-state index contributed by atoms with van der Waals surface area (Å²) in [6, 6.07) is 3.14. The predicted molar refractivity (Wildman–Crippen MR) is 114 cm³/mol. The summed E-state index contributed by atoms with van der Waals surface area (Å²) >= 11 is 0.694. The van der Waals surface area contributed by atoms with Gasteiger partial charge in [0.1, 0.15) is 47.1 Å². The van der Waals surface area contributed by atoms with Crippen LogP contribution in [-0.2, 0) is 11.2 Å². The number of thioether (sulfide) groups is 1. The zero-order chi connectivity index (χ0) is 24.9. The van der Waals surface area contributed by atoms with Gasteiger partial charge in [0, 0.05) is 23.6 Å². The third kappa shape index (κ3) is 4.15. The first kappa shape index (κ1) is 24.5. The van der Waals surface area contributed by atoms with Gasteiger partial charge in [0.05, 0.1) is 17.6 Å². The van der Waals surface area contributed by atoms with Gasteiger partial charge in [0.25, 0.3) is 0 Å². The van der Waals surface area contributed by atoms with Crippen LogP contribution in [0.15, 0.2) is 23.1 Å². The topological polar surface area (TPSA) is 221 Å². The molecule has 0 radical (unpaired) electrons. The molecule has 2 aliphatic rings. The molecule has 0 amide bonds. The van der Waals surface area contributed by atoms with Crippen molar-refractivity contribution in [2.24, 2.45) is 0 Å². The average Bonchev–Trinajstić information content (AvgIpc) is 2.79. The van der Waals surface area contributed by atoms with Gasteiger partial charge in [0.15, 0.2) is 23.4 Å². The Morgan fingerprint density at radius 3 is 2.09 bits per heavy atom. The third-order valence-corrected chi connectivity index (χ3v) is 7.06. The van der Waals surface area contributed by atoms with Crippen LogP contribution < -0.4 is 4.74 Å². The highest BCUT2D eigenvalue weighted by Crippen LogP contribution is 2.52. The number of ether oxygens (including phenoxy) is 2. The highest BCUT2D eigenvalue weighted by Gasteiger charge is 2.45. The minimum absolute atomic E-state index is 0.0405. The Morgan fingerprint density at radius 2 is 1.47 bits per heavy atom. The van der Waals surface area contributed by atoms with Gasteiger partial charge in [-0.25, -0.2) is 0 Å². The van der Waals surface area contributed by atoms with E-state index in [1.54, 1.807) is 0 Å². The molecule has 12 nitrogen and oxygen atoms in total. The van der Waals surface area contributed by atoms with Gasteiger partial charge in [-0.1, -0.05) is 11.8 Å². The molecule has 7 atom stereocenters. The Labute approximate surface area is 196 Å². The normalized spacial score (nSPS) is 31.0. The van der Waals surface area contributed by atoms with Gasteiger partial charge in [-0.2, -0.15) is 0 Å². The maximum Gasteiger partial charge on any atom is 0.200 e. The minimum Gasteiger partial charge on any atom is -0.507 e. The van der Waals surface area contributed by atoms with E-state index in [2.05, 4.69) is 0 Å². The lowest BCUT2D eigenvalue weighted by Gasteiger charge is -2.40. The molecular weight excluding hydrogens is 476 g/mol. The van der Waals surface area contributed by atoms with Gasteiger partial charge in [-0.15, -0.1) is 0 Å².